The van der Waals surface area contributed by atoms with Crippen molar-refractivity contribution in [1.82, 2.24) is 0 Å². The van der Waals surface area contributed by atoms with Gasteiger partial charge in [0.15, 0.2) is 0 Å². The molecule has 1 saturated heterocycles. The average molecular weight is 299 g/mol. The zero-order valence-electron chi connectivity index (χ0n) is 14.3. The fourth-order valence-electron chi connectivity index (χ4n) is 3.15. The number of aliphatic hydroxyl groups excluding tert-OH is 1. The molecule has 0 aromatic carbocycles. The van der Waals surface area contributed by atoms with Crippen LogP contribution >= 0.6 is 0 Å². The van der Waals surface area contributed by atoms with Crippen molar-refractivity contribution in [3.63, 3.8) is 0 Å². The van der Waals surface area contributed by atoms with E-state index < -0.39 is 0 Å². The minimum Gasteiger partial charge on any atom is -0.396 e. The van der Waals surface area contributed by atoms with Crippen molar-refractivity contribution in [3.05, 3.63) is 0 Å². The molecule has 1 rings (SSSR count). The lowest BCUT2D eigenvalue weighted by Gasteiger charge is -2.01. The third-order valence-corrected chi connectivity index (χ3v) is 4.68. The summed E-state index contributed by atoms with van der Waals surface area (Å²) in [7, 11) is 0. The second-order valence-corrected chi connectivity index (χ2v) is 6.76. The fraction of sp³-hybridized carbons (Fsp3) is 1.00. The molecule has 0 saturated carbocycles. The first-order chi connectivity index (χ1) is 10.4. The standard InChI is InChI=1S/C19H38O2/c1-2-3-4-5-6-7-9-12-15-18-19(21-18)16-13-10-8-11-14-17-20/h18-20H,2-17H2,1H3. The topological polar surface area (TPSA) is 32.8 Å². The van der Waals surface area contributed by atoms with Gasteiger partial charge in [0.25, 0.3) is 0 Å². The first kappa shape index (κ1) is 19.0. The van der Waals surface area contributed by atoms with Crippen LogP contribution in [0.4, 0.5) is 0 Å². The molecule has 0 aromatic rings. The molecule has 0 aliphatic carbocycles. The van der Waals surface area contributed by atoms with E-state index in [9.17, 15) is 0 Å². The molecule has 0 spiro atoms. The normalized spacial score (nSPS) is 20.9. The van der Waals surface area contributed by atoms with Gasteiger partial charge in [-0.3, -0.25) is 0 Å². The molecule has 1 N–H and O–H groups in total. The number of aliphatic hydroxyl groups is 1. The van der Waals surface area contributed by atoms with Crippen LogP contribution in [0.5, 0.6) is 0 Å². The molecule has 0 amide bonds. The summed E-state index contributed by atoms with van der Waals surface area (Å²) >= 11 is 0. The minimum absolute atomic E-state index is 0.354. The van der Waals surface area contributed by atoms with E-state index in [-0.39, 0.29) is 0 Å². The van der Waals surface area contributed by atoms with Crippen LogP contribution in [0.15, 0.2) is 0 Å². The molecule has 2 heteroatoms. The number of ether oxygens (including phenoxy) is 1. The Morgan fingerprint density at radius 2 is 1.05 bits per heavy atom. The number of hydrogen-bond acceptors (Lipinski definition) is 2. The van der Waals surface area contributed by atoms with E-state index in [1.165, 1.54) is 89.9 Å². The lowest BCUT2D eigenvalue weighted by atomic mass is 10.0. The molecule has 2 unspecified atom stereocenters. The lowest BCUT2D eigenvalue weighted by Crippen LogP contribution is -1.95. The van der Waals surface area contributed by atoms with E-state index >= 15 is 0 Å². The summed E-state index contributed by atoms with van der Waals surface area (Å²) in [5.74, 6) is 0. The van der Waals surface area contributed by atoms with Crippen LogP contribution in [0, 0.1) is 0 Å². The first-order valence-corrected chi connectivity index (χ1v) is 9.64. The molecule has 0 radical (unpaired) electrons. The smallest absolute Gasteiger partial charge is 0.0841 e. The Bertz CT molecular complexity index is 218. The minimum atomic E-state index is 0.354. The van der Waals surface area contributed by atoms with E-state index in [1.54, 1.807) is 0 Å². The summed E-state index contributed by atoms with van der Waals surface area (Å²) in [6.45, 7) is 2.63. The third kappa shape index (κ3) is 11.2. The van der Waals surface area contributed by atoms with Crippen LogP contribution in [-0.4, -0.2) is 23.9 Å². The third-order valence-electron chi connectivity index (χ3n) is 4.68. The van der Waals surface area contributed by atoms with Crippen LogP contribution in [0.3, 0.4) is 0 Å². The van der Waals surface area contributed by atoms with Gasteiger partial charge in [0.2, 0.25) is 0 Å². The second-order valence-electron chi connectivity index (χ2n) is 6.76. The van der Waals surface area contributed by atoms with Crippen molar-refractivity contribution < 1.29 is 9.84 Å². The molecule has 126 valence electrons. The summed E-state index contributed by atoms with van der Waals surface area (Å²) in [6.07, 6.45) is 21.1. The molecule has 1 aliphatic heterocycles. The van der Waals surface area contributed by atoms with Crippen molar-refractivity contribution in [2.75, 3.05) is 6.61 Å². The van der Waals surface area contributed by atoms with Crippen LogP contribution < -0.4 is 0 Å². The molecule has 21 heavy (non-hydrogen) atoms. The SMILES string of the molecule is CCCCCCCCCCC1OC1CCCCCCCO. The summed E-state index contributed by atoms with van der Waals surface area (Å²) in [5, 5.41) is 8.71. The predicted octanol–water partition coefficient (Wildman–Crippen LogP) is 5.62. The van der Waals surface area contributed by atoms with E-state index in [4.69, 9.17) is 9.84 Å². The Kier molecular flexibility index (Phi) is 12.3. The maximum atomic E-state index is 8.71. The van der Waals surface area contributed by atoms with Gasteiger partial charge < -0.3 is 9.84 Å². The maximum Gasteiger partial charge on any atom is 0.0841 e. The predicted molar refractivity (Wildman–Crippen MR) is 90.7 cm³/mol. The second kappa shape index (κ2) is 13.6. The summed E-state index contributed by atoms with van der Waals surface area (Å²) in [5.41, 5.74) is 0. The van der Waals surface area contributed by atoms with E-state index in [0.29, 0.717) is 18.8 Å². The van der Waals surface area contributed by atoms with Gasteiger partial charge in [-0.1, -0.05) is 84.0 Å². The van der Waals surface area contributed by atoms with Crippen molar-refractivity contribution >= 4 is 0 Å². The monoisotopic (exact) mass is 298 g/mol. The number of unbranched alkanes of at least 4 members (excludes halogenated alkanes) is 11. The van der Waals surface area contributed by atoms with Crippen molar-refractivity contribution in [1.29, 1.82) is 0 Å². The zero-order chi connectivity index (χ0) is 15.2. The van der Waals surface area contributed by atoms with Gasteiger partial charge in [-0.05, 0) is 19.3 Å². The van der Waals surface area contributed by atoms with Crippen LogP contribution in [-0.2, 0) is 4.74 Å². The van der Waals surface area contributed by atoms with Crippen molar-refractivity contribution in [3.8, 4) is 0 Å². The highest BCUT2D eigenvalue weighted by molar-refractivity contribution is 4.84. The molecule has 1 heterocycles. The fourth-order valence-corrected chi connectivity index (χ4v) is 3.15. The zero-order valence-corrected chi connectivity index (χ0v) is 14.3. The lowest BCUT2D eigenvalue weighted by molar-refractivity contribution is 0.282. The molecule has 1 aliphatic rings. The first-order valence-electron chi connectivity index (χ1n) is 9.64. The van der Waals surface area contributed by atoms with Gasteiger partial charge in [-0.2, -0.15) is 0 Å². The molecule has 0 bridgehead atoms. The van der Waals surface area contributed by atoms with Crippen LogP contribution in [0.1, 0.15) is 103 Å². The number of hydrogen-bond donors (Lipinski definition) is 1. The van der Waals surface area contributed by atoms with Crippen molar-refractivity contribution in [2.45, 2.75) is 115 Å². The Balaban J connectivity index is 1.74. The number of epoxide rings is 1. The Labute approximate surface area is 132 Å². The molecule has 1 fully saturated rings. The Morgan fingerprint density at radius 1 is 0.619 bits per heavy atom. The summed E-state index contributed by atoms with van der Waals surface area (Å²) < 4.78 is 5.76. The highest BCUT2D eigenvalue weighted by Gasteiger charge is 2.36. The number of rotatable bonds is 16. The Morgan fingerprint density at radius 3 is 1.52 bits per heavy atom. The maximum absolute atomic E-state index is 8.71. The molecular weight excluding hydrogens is 260 g/mol. The van der Waals surface area contributed by atoms with Crippen LogP contribution in [0.2, 0.25) is 0 Å². The quantitative estimate of drug-likeness (QED) is 0.296. The van der Waals surface area contributed by atoms with Gasteiger partial charge in [0.05, 0.1) is 12.2 Å². The van der Waals surface area contributed by atoms with E-state index in [2.05, 4.69) is 6.92 Å². The summed E-state index contributed by atoms with van der Waals surface area (Å²) in [4.78, 5) is 0. The highest BCUT2D eigenvalue weighted by Crippen LogP contribution is 2.31. The Hall–Kier alpha value is -0.0800. The van der Waals surface area contributed by atoms with Gasteiger partial charge in [-0.25, -0.2) is 0 Å². The van der Waals surface area contributed by atoms with E-state index in [0.717, 1.165) is 6.42 Å². The van der Waals surface area contributed by atoms with Gasteiger partial charge in [-0.15, -0.1) is 0 Å². The van der Waals surface area contributed by atoms with Crippen molar-refractivity contribution in [2.24, 2.45) is 0 Å². The van der Waals surface area contributed by atoms with E-state index in [1.807, 2.05) is 0 Å². The van der Waals surface area contributed by atoms with Gasteiger partial charge in [0, 0.05) is 6.61 Å². The molecule has 0 aromatic heterocycles. The van der Waals surface area contributed by atoms with Crippen LogP contribution in [0.25, 0.3) is 0 Å². The van der Waals surface area contributed by atoms with Gasteiger partial charge >= 0.3 is 0 Å². The summed E-state index contributed by atoms with van der Waals surface area (Å²) in [6, 6.07) is 0. The van der Waals surface area contributed by atoms with Gasteiger partial charge in [0.1, 0.15) is 0 Å². The largest absolute Gasteiger partial charge is 0.396 e. The molecule has 2 nitrogen and oxygen atoms in total. The average Bonchev–Trinajstić information content (AvgIpc) is 3.24. The molecule has 2 atom stereocenters. The molecular formula is C19H38O2. The highest BCUT2D eigenvalue weighted by atomic mass is 16.6.